The van der Waals surface area contributed by atoms with Gasteiger partial charge in [0.25, 0.3) is 5.91 Å². The molecule has 0 aliphatic rings. The van der Waals surface area contributed by atoms with Crippen molar-refractivity contribution in [1.82, 2.24) is 0 Å². The number of ether oxygens (including phenoxy) is 1. The summed E-state index contributed by atoms with van der Waals surface area (Å²) < 4.78 is 5.33. The molecule has 3 aromatic carbocycles. The van der Waals surface area contributed by atoms with Gasteiger partial charge in [-0.15, -0.1) is 0 Å². The second kappa shape index (κ2) is 8.61. The number of nitrogens with one attached hydrogen (secondary N) is 1. The molecule has 0 spiro atoms. The Bertz CT molecular complexity index is 1000. The van der Waals surface area contributed by atoms with Gasteiger partial charge in [-0.3, -0.25) is 4.79 Å². The first-order valence-electron chi connectivity index (χ1n) is 9.32. The first kappa shape index (κ1) is 20.1. The fourth-order valence-electron chi connectivity index (χ4n) is 2.97. The molecule has 0 radical (unpaired) electrons. The number of amides is 1. The maximum absolute atomic E-state index is 12.4. The van der Waals surface area contributed by atoms with Crippen molar-refractivity contribution in [2.75, 3.05) is 5.32 Å². The van der Waals surface area contributed by atoms with E-state index in [1.807, 2.05) is 32.0 Å². The third-order valence-electron chi connectivity index (χ3n) is 4.70. The van der Waals surface area contributed by atoms with Crippen LogP contribution in [0.4, 0.5) is 5.69 Å². The molecule has 5 heteroatoms. The molecular weight excluding hydrogens is 366 g/mol. The van der Waals surface area contributed by atoms with E-state index >= 15 is 0 Å². The van der Waals surface area contributed by atoms with Crippen molar-refractivity contribution in [2.24, 2.45) is 0 Å². The molecule has 0 fully saturated rings. The van der Waals surface area contributed by atoms with Crippen LogP contribution in [0.15, 0.2) is 66.7 Å². The van der Waals surface area contributed by atoms with Crippen LogP contribution in [0, 0.1) is 13.8 Å². The number of esters is 1. The number of carbonyl (C=O) groups is 2. The zero-order valence-electron chi connectivity index (χ0n) is 16.6. The number of rotatable bonds is 5. The number of phenols is 1. The number of phenolic OH excluding ortho intramolecular Hbond substituents is 1. The van der Waals surface area contributed by atoms with Crippen molar-refractivity contribution in [3.63, 3.8) is 0 Å². The van der Waals surface area contributed by atoms with Gasteiger partial charge in [-0.2, -0.15) is 0 Å². The summed E-state index contributed by atoms with van der Waals surface area (Å²) in [6, 6.07) is 19.4. The Morgan fingerprint density at radius 2 is 1.38 bits per heavy atom. The van der Waals surface area contributed by atoms with Crippen molar-refractivity contribution < 1.29 is 19.4 Å². The maximum atomic E-state index is 12.4. The van der Waals surface area contributed by atoms with Crippen LogP contribution in [0.1, 0.15) is 28.4 Å². The highest BCUT2D eigenvalue weighted by Crippen LogP contribution is 2.23. The fraction of sp³-hybridized carbons (Fsp3) is 0.167. The number of benzene rings is 3. The van der Waals surface area contributed by atoms with E-state index in [0.717, 1.165) is 27.9 Å². The number of carbonyl (C=O) groups excluding carboxylic acids is 2. The van der Waals surface area contributed by atoms with E-state index < -0.39 is 12.1 Å². The predicted octanol–water partition coefficient (Wildman–Crippen LogP) is 4.86. The number of para-hydroxylation sites is 1. The van der Waals surface area contributed by atoms with Crippen LogP contribution in [0.2, 0.25) is 0 Å². The molecule has 0 saturated heterocycles. The largest absolute Gasteiger partial charge is 0.508 e. The smallest absolute Gasteiger partial charge is 0.338 e. The third kappa shape index (κ3) is 4.82. The third-order valence-corrected chi connectivity index (χ3v) is 4.70. The molecule has 0 bridgehead atoms. The molecule has 3 aromatic rings. The summed E-state index contributed by atoms with van der Waals surface area (Å²) in [7, 11) is 0. The monoisotopic (exact) mass is 389 g/mol. The van der Waals surface area contributed by atoms with Crippen molar-refractivity contribution >= 4 is 17.6 Å². The van der Waals surface area contributed by atoms with Crippen LogP contribution in [0.25, 0.3) is 11.1 Å². The molecule has 0 heterocycles. The van der Waals surface area contributed by atoms with E-state index in [4.69, 9.17) is 4.74 Å². The van der Waals surface area contributed by atoms with Crippen molar-refractivity contribution in [3.05, 3.63) is 83.4 Å². The molecule has 1 atom stereocenters. The topological polar surface area (TPSA) is 75.6 Å². The minimum Gasteiger partial charge on any atom is -0.508 e. The summed E-state index contributed by atoms with van der Waals surface area (Å²) in [4.78, 5) is 24.8. The van der Waals surface area contributed by atoms with Crippen molar-refractivity contribution in [1.29, 1.82) is 0 Å². The van der Waals surface area contributed by atoms with Crippen LogP contribution < -0.4 is 5.32 Å². The zero-order valence-corrected chi connectivity index (χ0v) is 16.6. The highest BCUT2D eigenvalue weighted by atomic mass is 16.5. The van der Waals surface area contributed by atoms with E-state index in [1.165, 1.54) is 0 Å². The van der Waals surface area contributed by atoms with Gasteiger partial charge in [0.2, 0.25) is 0 Å². The molecule has 3 rings (SSSR count). The molecule has 0 saturated carbocycles. The van der Waals surface area contributed by atoms with E-state index in [1.54, 1.807) is 55.5 Å². The Hall–Kier alpha value is -3.60. The van der Waals surface area contributed by atoms with Gasteiger partial charge in [-0.05, 0) is 67.3 Å². The zero-order chi connectivity index (χ0) is 21.0. The molecule has 1 amide bonds. The number of hydrogen-bond donors (Lipinski definition) is 2. The molecule has 5 nitrogen and oxygen atoms in total. The highest BCUT2D eigenvalue weighted by molar-refractivity contribution is 5.98. The maximum Gasteiger partial charge on any atom is 0.338 e. The summed E-state index contributed by atoms with van der Waals surface area (Å²) in [5, 5.41) is 12.2. The SMILES string of the molecule is Cc1cccc(C)c1NC(=O)[C@@H](C)OC(=O)c1ccc(-c2ccc(O)cc2)cc1. The van der Waals surface area contributed by atoms with Crippen LogP contribution in [-0.4, -0.2) is 23.1 Å². The molecule has 0 unspecified atom stereocenters. The summed E-state index contributed by atoms with van der Waals surface area (Å²) in [6.45, 7) is 5.37. The van der Waals surface area contributed by atoms with Gasteiger partial charge in [-0.1, -0.05) is 42.5 Å². The molecule has 2 N–H and O–H groups in total. The minimum atomic E-state index is -0.932. The van der Waals surface area contributed by atoms with E-state index in [-0.39, 0.29) is 11.7 Å². The van der Waals surface area contributed by atoms with E-state index in [0.29, 0.717) is 5.56 Å². The van der Waals surface area contributed by atoms with Crippen LogP contribution >= 0.6 is 0 Å². The number of aromatic hydroxyl groups is 1. The Morgan fingerprint density at radius 3 is 1.93 bits per heavy atom. The lowest BCUT2D eigenvalue weighted by atomic mass is 10.0. The van der Waals surface area contributed by atoms with Crippen LogP contribution in [0.3, 0.4) is 0 Å². The van der Waals surface area contributed by atoms with E-state index in [9.17, 15) is 14.7 Å². The van der Waals surface area contributed by atoms with Crippen LogP contribution in [-0.2, 0) is 9.53 Å². The lowest BCUT2D eigenvalue weighted by Crippen LogP contribution is -2.30. The normalized spacial score (nSPS) is 11.6. The molecule has 0 aliphatic carbocycles. The van der Waals surface area contributed by atoms with Crippen molar-refractivity contribution in [3.8, 4) is 16.9 Å². The Morgan fingerprint density at radius 1 is 0.862 bits per heavy atom. The predicted molar refractivity (Wildman–Crippen MR) is 113 cm³/mol. The highest BCUT2D eigenvalue weighted by Gasteiger charge is 2.20. The first-order valence-corrected chi connectivity index (χ1v) is 9.32. The molecule has 0 aliphatic heterocycles. The lowest BCUT2D eigenvalue weighted by Gasteiger charge is -2.16. The van der Waals surface area contributed by atoms with Crippen molar-refractivity contribution in [2.45, 2.75) is 26.9 Å². The van der Waals surface area contributed by atoms with Gasteiger partial charge in [0.05, 0.1) is 5.56 Å². The summed E-state index contributed by atoms with van der Waals surface area (Å²) in [5.74, 6) is -0.745. The average molecular weight is 389 g/mol. The molecule has 148 valence electrons. The average Bonchev–Trinajstić information content (AvgIpc) is 2.71. The van der Waals surface area contributed by atoms with Crippen LogP contribution in [0.5, 0.6) is 5.75 Å². The van der Waals surface area contributed by atoms with Gasteiger partial charge in [-0.25, -0.2) is 4.79 Å². The standard InChI is InChI=1S/C24H23NO4/c1-15-5-4-6-16(2)22(15)25-23(27)17(3)29-24(28)20-9-7-18(8-10-20)19-11-13-21(26)14-12-19/h4-14,17,26H,1-3H3,(H,25,27)/t17-/m1/s1. The minimum absolute atomic E-state index is 0.196. The summed E-state index contributed by atoms with van der Waals surface area (Å²) in [5.41, 5.74) is 4.81. The Balaban J connectivity index is 1.64. The molecular formula is C24H23NO4. The lowest BCUT2D eigenvalue weighted by molar-refractivity contribution is -0.123. The van der Waals surface area contributed by atoms with Gasteiger partial charge in [0, 0.05) is 5.69 Å². The Kier molecular flexibility index (Phi) is 5.98. The second-order valence-electron chi connectivity index (χ2n) is 6.93. The number of aryl methyl sites for hydroxylation is 2. The molecule has 0 aromatic heterocycles. The fourth-order valence-corrected chi connectivity index (χ4v) is 2.97. The second-order valence-corrected chi connectivity index (χ2v) is 6.93. The Labute approximate surface area is 170 Å². The van der Waals surface area contributed by atoms with E-state index in [2.05, 4.69) is 5.32 Å². The number of anilines is 1. The quantitative estimate of drug-likeness (QED) is 0.611. The summed E-state index contributed by atoms with van der Waals surface area (Å²) in [6.07, 6.45) is -0.932. The summed E-state index contributed by atoms with van der Waals surface area (Å²) >= 11 is 0. The van der Waals surface area contributed by atoms with Gasteiger partial charge >= 0.3 is 5.97 Å². The first-order chi connectivity index (χ1) is 13.8. The van der Waals surface area contributed by atoms with Gasteiger partial charge < -0.3 is 15.2 Å². The molecule has 29 heavy (non-hydrogen) atoms. The van der Waals surface area contributed by atoms with Gasteiger partial charge in [0.1, 0.15) is 5.75 Å². The van der Waals surface area contributed by atoms with Gasteiger partial charge in [0.15, 0.2) is 6.10 Å². The number of hydrogen-bond acceptors (Lipinski definition) is 4.